The quantitative estimate of drug-likeness (QED) is 0.510. The Hall–Kier alpha value is -2.84. The lowest BCUT2D eigenvalue weighted by Crippen LogP contribution is -2.49. The topological polar surface area (TPSA) is 81.7 Å². The van der Waals surface area contributed by atoms with Gasteiger partial charge in [0.1, 0.15) is 11.6 Å². The van der Waals surface area contributed by atoms with E-state index < -0.39 is 23.8 Å². The zero-order valence-corrected chi connectivity index (χ0v) is 21.7. The summed E-state index contributed by atoms with van der Waals surface area (Å²) >= 11 is 0. The van der Waals surface area contributed by atoms with Crippen LogP contribution < -0.4 is 15.5 Å². The zero-order valence-electron chi connectivity index (χ0n) is 21.7. The minimum absolute atomic E-state index is 0.0219. The number of nitrogens with zero attached hydrogens (tertiary/aromatic N) is 1. The molecule has 0 saturated carbocycles. The van der Waals surface area contributed by atoms with E-state index in [4.69, 9.17) is 0 Å². The zero-order chi connectivity index (χ0) is 26.6. The number of anilines is 1. The van der Waals surface area contributed by atoms with Gasteiger partial charge in [-0.1, -0.05) is 32.9 Å². The van der Waals surface area contributed by atoms with Gasteiger partial charge >= 0.3 is 0 Å². The van der Waals surface area contributed by atoms with Crippen molar-refractivity contribution in [2.24, 2.45) is 5.41 Å². The third-order valence-corrected chi connectivity index (χ3v) is 6.32. The van der Waals surface area contributed by atoms with Gasteiger partial charge in [0.15, 0.2) is 0 Å². The molecule has 0 bridgehead atoms. The maximum absolute atomic E-state index is 13.7. The molecule has 1 aliphatic heterocycles. The standard InChI is InChI=1S/C28H37F2N3O3/c1-17(34)32-25(13-20-10-21(29)14-22(30)11-20)27(36)16-31-24-8-9-33(18(2)35)26-7-6-19(12-23(24)26)15-28(3,4)5/h6-7,10-12,14,24-25,27,31,36H,8-9,13,15-16H2,1-5H3,(H,32,34). The summed E-state index contributed by atoms with van der Waals surface area (Å²) in [5.74, 6) is -1.78. The molecule has 8 heteroatoms. The third-order valence-electron chi connectivity index (χ3n) is 6.32. The predicted molar refractivity (Wildman–Crippen MR) is 137 cm³/mol. The van der Waals surface area contributed by atoms with Crippen LogP contribution in [0, 0.1) is 17.0 Å². The number of aliphatic hydroxyl groups excluding tert-OH is 1. The SMILES string of the molecule is CC(=O)NC(Cc1cc(F)cc(F)c1)C(O)CNC1CCN(C(C)=O)c2ccc(CC(C)(C)C)cc21. The van der Waals surface area contributed by atoms with Gasteiger partial charge in [0.2, 0.25) is 11.8 Å². The van der Waals surface area contributed by atoms with Crippen molar-refractivity contribution in [2.45, 2.75) is 72.1 Å². The molecule has 0 saturated heterocycles. The van der Waals surface area contributed by atoms with Crippen LogP contribution in [-0.2, 0) is 22.4 Å². The molecule has 196 valence electrons. The van der Waals surface area contributed by atoms with Crippen molar-refractivity contribution in [3.05, 3.63) is 64.7 Å². The van der Waals surface area contributed by atoms with Gasteiger partial charge in [-0.25, -0.2) is 8.78 Å². The Kier molecular flexibility index (Phi) is 8.84. The molecule has 0 spiro atoms. The van der Waals surface area contributed by atoms with Gasteiger partial charge in [0.25, 0.3) is 0 Å². The molecule has 36 heavy (non-hydrogen) atoms. The van der Waals surface area contributed by atoms with Gasteiger partial charge in [-0.3, -0.25) is 9.59 Å². The summed E-state index contributed by atoms with van der Waals surface area (Å²) in [6.07, 6.45) is 0.613. The molecule has 2 amide bonds. The Labute approximate surface area is 212 Å². The average Bonchev–Trinajstić information content (AvgIpc) is 2.74. The molecule has 0 aliphatic carbocycles. The second kappa shape index (κ2) is 11.5. The lowest BCUT2D eigenvalue weighted by molar-refractivity contribution is -0.120. The fourth-order valence-electron chi connectivity index (χ4n) is 4.86. The largest absolute Gasteiger partial charge is 0.390 e. The van der Waals surface area contributed by atoms with Gasteiger partial charge in [-0.2, -0.15) is 0 Å². The van der Waals surface area contributed by atoms with Crippen molar-refractivity contribution in [2.75, 3.05) is 18.0 Å². The van der Waals surface area contributed by atoms with Gasteiger partial charge < -0.3 is 20.6 Å². The Morgan fingerprint density at radius 2 is 1.75 bits per heavy atom. The molecule has 3 rings (SSSR count). The van der Waals surface area contributed by atoms with Crippen molar-refractivity contribution in [3.63, 3.8) is 0 Å². The third kappa shape index (κ3) is 7.58. The van der Waals surface area contributed by atoms with Crippen LogP contribution in [0.3, 0.4) is 0 Å². The van der Waals surface area contributed by atoms with Crippen LogP contribution in [0.1, 0.15) is 63.8 Å². The fraction of sp³-hybridized carbons (Fsp3) is 0.500. The highest BCUT2D eigenvalue weighted by Crippen LogP contribution is 2.36. The second-order valence-corrected chi connectivity index (χ2v) is 10.9. The van der Waals surface area contributed by atoms with E-state index in [0.29, 0.717) is 18.5 Å². The summed E-state index contributed by atoms with van der Waals surface area (Å²) in [5, 5.41) is 17.1. The van der Waals surface area contributed by atoms with E-state index in [1.807, 2.05) is 6.07 Å². The van der Waals surface area contributed by atoms with Gasteiger partial charge in [-0.15, -0.1) is 0 Å². The minimum atomic E-state index is -1.01. The van der Waals surface area contributed by atoms with Crippen LogP contribution >= 0.6 is 0 Å². The average molecular weight is 502 g/mol. The highest BCUT2D eigenvalue weighted by atomic mass is 19.1. The second-order valence-electron chi connectivity index (χ2n) is 10.9. The van der Waals surface area contributed by atoms with Crippen LogP contribution in [0.4, 0.5) is 14.5 Å². The molecule has 6 nitrogen and oxygen atoms in total. The first-order valence-electron chi connectivity index (χ1n) is 12.4. The number of benzene rings is 2. The number of hydrogen-bond acceptors (Lipinski definition) is 4. The Bertz CT molecular complexity index is 1080. The van der Waals surface area contributed by atoms with E-state index in [1.54, 1.807) is 11.8 Å². The summed E-state index contributed by atoms with van der Waals surface area (Å²) < 4.78 is 27.3. The summed E-state index contributed by atoms with van der Waals surface area (Å²) in [5.41, 5.74) is 3.46. The summed E-state index contributed by atoms with van der Waals surface area (Å²) in [4.78, 5) is 25.8. The molecule has 0 radical (unpaired) electrons. The van der Waals surface area contributed by atoms with E-state index in [9.17, 15) is 23.5 Å². The molecule has 2 aromatic carbocycles. The van der Waals surface area contributed by atoms with Gasteiger partial charge in [-0.05, 0) is 59.6 Å². The number of rotatable bonds is 8. The number of carbonyl (C=O) groups excluding carboxylic acids is 2. The van der Waals surface area contributed by atoms with Crippen molar-refractivity contribution in [1.82, 2.24) is 10.6 Å². The summed E-state index contributed by atoms with van der Waals surface area (Å²) in [6, 6.07) is 8.51. The summed E-state index contributed by atoms with van der Waals surface area (Å²) in [6.45, 7) is 10.1. The highest BCUT2D eigenvalue weighted by Gasteiger charge is 2.29. The minimum Gasteiger partial charge on any atom is -0.390 e. The normalized spacial score (nSPS) is 17.3. The maximum atomic E-state index is 13.7. The fourth-order valence-corrected chi connectivity index (χ4v) is 4.86. The molecule has 1 heterocycles. The van der Waals surface area contributed by atoms with Crippen molar-refractivity contribution in [1.29, 1.82) is 0 Å². The molecular weight excluding hydrogens is 464 g/mol. The Morgan fingerprint density at radius 1 is 1.08 bits per heavy atom. The number of fused-ring (bicyclic) bond motifs is 1. The first kappa shape index (κ1) is 27.7. The van der Waals surface area contributed by atoms with Crippen molar-refractivity contribution in [3.8, 4) is 0 Å². The van der Waals surface area contributed by atoms with Gasteiger partial charge in [0, 0.05) is 44.7 Å². The molecular formula is C28H37F2N3O3. The van der Waals surface area contributed by atoms with Gasteiger partial charge in [0.05, 0.1) is 12.1 Å². The van der Waals surface area contributed by atoms with E-state index in [2.05, 4.69) is 43.5 Å². The van der Waals surface area contributed by atoms with Crippen LogP contribution in [0.5, 0.6) is 0 Å². The van der Waals surface area contributed by atoms with Crippen LogP contribution in [-0.4, -0.2) is 42.2 Å². The molecule has 3 unspecified atom stereocenters. The lowest BCUT2D eigenvalue weighted by Gasteiger charge is -2.36. The van der Waals surface area contributed by atoms with Crippen LogP contribution in [0.2, 0.25) is 0 Å². The Balaban J connectivity index is 1.79. The molecule has 0 fully saturated rings. The first-order valence-corrected chi connectivity index (χ1v) is 12.4. The number of carbonyl (C=O) groups is 2. The maximum Gasteiger partial charge on any atom is 0.223 e. The van der Waals surface area contributed by atoms with E-state index >= 15 is 0 Å². The number of nitrogens with one attached hydrogen (secondary N) is 2. The Morgan fingerprint density at radius 3 is 2.33 bits per heavy atom. The molecule has 0 aromatic heterocycles. The number of aliphatic hydroxyl groups is 1. The monoisotopic (exact) mass is 501 g/mol. The molecule has 3 atom stereocenters. The molecule has 1 aliphatic rings. The van der Waals surface area contributed by atoms with E-state index in [1.165, 1.54) is 24.6 Å². The number of halogens is 2. The highest BCUT2D eigenvalue weighted by molar-refractivity contribution is 5.93. The smallest absolute Gasteiger partial charge is 0.223 e. The van der Waals surface area contributed by atoms with Crippen molar-refractivity contribution >= 4 is 17.5 Å². The van der Waals surface area contributed by atoms with E-state index in [0.717, 1.165) is 23.7 Å². The first-order chi connectivity index (χ1) is 16.8. The lowest BCUT2D eigenvalue weighted by atomic mass is 9.85. The number of amides is 2. The molecule has 2 aromatic rings. The van der Waals surface area contributed by atoms with Crippen LogP contribution in [0.25, 0.3) is 0 Å². The van der Waals surface area contributed by atoms with E-state index in [-0.39, 0.29) is 36.2 Å². The predicted octanol–water partition coefficient (Wildman–Crippen LogP) is 4.05. The number of hydrogen-bond donors (Lipinski definition) is 3. The van der Waals surface area contributed by atoms with Crippen LogP contribution in [0.15, 0.2) is 36.4 Å². The van der Waals surface area contributed by atoms with Crippen molar-refractivity contribution < 1.29 is 23.5 Å². The molecule has 3 N–H and O–H groups in total. The summed E-state index contributed by atoms with van der Waals surface area (Å²) in [7, 11) is 0.